The highest BCUT2D eigenvalue weighted by Crippen LogP contribution is 2.18. The van der Waals surface area contributed by atoms with Gasteiger partial charge in [0.15, 0.2) is 0 Å². The van der Waals surface area contributed by atoms with Crippen molar-refractivity contribution in [3.8, 4) is 0 Å². The number of carbonyl (C=O) groups excluding carboxylic acids is 1. The summed E-state index contributed by atoms with van der Waals surface area (Å²) in [6.07, 6.45) is 3.88. The molecule has 1 aromatic carbocycles. The predicted molar refractivity (Wildman–Crippen MR) is 75.9 cm³/mol. The number of nitrogens with zero attached hydrogens (tertiary/aromatic N) is 1. The van der Waals surface area contributed by atoms with Crippen molar-refractivity contribution in [1.29, 1.82) is 0 Å². The summed E-state index contributed by atoms with van der Waals surface area (Å²) in [6, 6.07) is 9.94. The van der Waals surface area contributed by atoms with E-state index in [0.717, 1.165) is 50.5 Å². The van der Waals surface area contributed by atoms with Gasteiger partial charge in [-0.25, -0.2) is 0 Å². The van der Waals surface area contributed by atoms with Gasteiger partial charge in [-0.05, 0) is 30.7 Å². The third kappa shape index (κ3) is 4.67. The van der Waals surface area contributed by atoms with Crippen molar-refractivity contribution in [3.63, 3.8) is 0 Å². The third-order valence-corrected chi connectivity index (χ3v) is 3.84. The normalized spacial score (nSPS) is 16.3. The lowest BCUT2D eigenvalue weighted by molar-refractivity contribution is -0.129. The lowest BCUT2D eigenvalue weighted by Gasteiger charge is -2.25. The quantitative estimate of drug-likeness (QED) is 0.815. The molecule has 0 bridgehead atoms. The van der Waals surface area contributed by atoms with E-state index in [0.29, 0.717) is 6.42 Å². The van der Waals surface area contributed by atoms with Crippen molar-refractivity contribution in [2.75, 3.05) is 26.8 Å². The Morgan fingerprint density at radius 1 is 1.26 bits per heavy atom. The summed E-state index contributed by atoms with van der Waals surface area (Å²) in [7, 11) is 1.91. The Morgan fingerprint density at radius 2 is 1.95 bits per heavy atom. The fraction of sp³-hybridized carbons (Fsp3) is 0.562. The first-order chi connectivity index (χ1) is 9.25. The van der Waals surface area contributed by atoms with Crippen molar-refractivity contribution in [2.24, 2.45) is 5.92 Å². The number of rotatable bonds is 5. The summed E-state index contributed by atoms with van der Waals surface area (Å²) in [6.45, 7) is 2.62. The van der Waals surface area contributed by atoms with E-state index >= 15 is 0 Å². The van der Waals surface area contributed by atoms with E-state index in [1.54, 1.807) is 0 Å². The zero-order valence-electron chi connectivity index (χ0n) is 11.7. The van der Waals surface area contributed by atoms with Crippen LogP contribution in [0.4, 0.5) is 0 Å². The van der Waals surface area contributed by atoms with Crippen LogP contribution in [0.2, 0.25) is 0 Å². The second-order valence-corrected chi connectivity index (χ2v) is 5.32. The van der Waals surface area contributed by atoms with Crippen LogP contribution in [0.3, 0.4) is 0 Å². The van der Waals surface area contributed by atoms with Gasteiger partial charge in [-0.2, -0.15) is 0 Å². The van der Waals surface area contributed by atoms with Crippen molar-refractivity contribution < 1.29 is 9.53 Å². The maximum atomic E-state index is 12.1. The topological polar surface area (TPSA) is 29.5 Å². The summed E-state index contributed by atoms with van der Waals surface area (Å²) < 4.78 is 5.35. The van der Waals surface area contributed by atoms with Gasteiger partial charge < -0.3 is 9.64 Å². The van der Waals surface area contributed by atoms with E-state index < -0.39 is 0 Å². The molecule has 1 heterocycles. The Bertz CT molecular complexity index is 385. The lowest BCUT2D eigenvalue weighted by Crippen LogP contribution is -2.31. The summed E-state index contributed by atoms with van der Waals surface area (Å²) >= 11 is 0. The molecule has 0 spiro atoms. The van der Waals surface area contributed by atoms with Gasteiger partial charge in [0.2, 0.25) is 5.91 Å². The molecule has 0 aromatic heterocycles. The number of amides is 1. The zero-order chi connectivity index (χ0) is 13.5. The fourth-order valence-electron chi connectivity index (χ4n) is 2.44. The highest BCUT2D eigenvalue weighted by molar-refractivity contribution is 5.78. The van der Waals surface area contributed by atoms with Gasteiger partial charge in [-0.3, -0.25) is 4.79 Å². The second-order valence-electron chi connectivity index (χ2n) is 5.32. The molecule has 1 aromatic rings. The average molecular weight is 261 g/mol. The number of likely N-dealkylation sites (N-methyl/N-ethyl adjacent to an activating group) is 1. The molecule has 1 aliphatic rings. The van der Waals surface area contributed by atoms with E-state index in [9.17, 15) is 4.79 Å². The molecule has 0 atom stereocenters. The molecule has 1 fully saturated rings. The molecule has 0 aliphatic carbocycles. The minimum atomic E-state index is 0.207. The van der Waals surface area contributed by atoms with Gasteiger partial charge in [0.05, 0.1) is 6.42 Å². The smallest absolute Gasteiger partial charge is 0.226 e. The molecule has 0 N–H and O–H groups in total. The Hall–Kier alpha value is -1.35. The molecule has 3 nitrogen and oxygen atoms in total. The van der Waals surface area contributed by atoms with Crippen molar-refractivity contribution in [2.45, 2.75) is 25.7 Å². The van der Waals surface area contributed by atoms with Crippen LogP contribution in [0.5, 0.6) is 0 Å². The number of carbonyl (C=O) groups is 1. The van der Waals surface area contributed by atoms with E-state index in [1.165, 1.54) is 0 Å². The Morgan fingerprint density at radius 3 is 2.63 bits per heavy atom. The summed E-state index contributed by atoms with van der Waals surface area (Å²) in [5.74, 6) is 0.930. The van der Waals surface area contributed by atoms with Gasteiger partial charge in [-0.15, -0.1) is 0 Å². The highest BCUT2D eigenvalue weighted by atomic mass is 16.5. The van der Waals surface area contributed by atoms with Crippen LogP contribution >= 0.6 is 0 Å². The van der Waals surface area contributed by atoms with Gasteiger partial charge in [-0.1, -0.05) is 30.3 Å². The first-order valence-corrected chi connectivity index (χ1v) is 7.11. The van der Waals surface area contributed by atoms with E-state index in [4.69, 9.17) is 4.74 Å². The Labute approximate surface area is 115 Å². The monoisotopic (exact) mass is 261 g/mol. The zero-order valence-corrected chi connectivity index (χ0v) is 11.7. The molecule has 0 unspecified atom stereocenters. The summed E-state index contributed by atoms with van der Waals surface area (Å²) in [5, 5.41) is 0. The number of hydrogen-bond donors (Lipinski definition) is 0. The number of hydrogen-bond acceptors (Lipinski definition) is 2. The molecule has 1 saturated heterocycles. The van der Waals surface area contributed by atoms with Crippen LogP contribution in [0.1, 0.15) is 24.8 Å². The van der Waals surface area contributed by atoms with E-state index in [-0.39, 0.29) is 5.91 Å². The largest absolute Gasteiger partial charge is 0.381 e. The van der Waals surface area contributed by atoms with Gasteiger partial charge in [0, 0.05) is 26.8 Å². The molecule has 1 amide bonds. The first kappa shape index (κ1) is 14.1. The molecular formula is C16H23NO2. The molecule has 0 saturated carbocycles. The predicted octanol–water partition coefficient (Wildman–Crippen LogP) is 2.50. The maximum Gasteiger partial charge on any atom is 0.226 e. The van der Waals surface area contributed by atoms with Crippen LogP contribution in [-0.4, -0.2) is 37.6 Å². The van der Waals surface area contributed by atoms with E-state index in [1.807, 2.05) is 42.3 Å². The average Bonchev–Trinajstić information content (AvgIpc) is 2.47. The molecular weight excluding hydrogens is 238 g/mol. The molecule has 1 aliphatic heterocycles. The third-order valence-electron chi connectivity index (χ3n) is 3.84. The van der Waals surface area contributed by atoms with Gasteiger partial charge >= 0.3 is 0 Å². The van der Waals surface area contributed by atoms with Crippen LogP contribution in [0.25, 0.3) is 0 Å². The number of benzene rings is 1. The molecule has 104 valence electrons. The second kappa shape index (κ2) is 7.29. The Balaban J connectivity index is 1.73. The van der Waals surface area contributed by atoms with Crippen LogP contribution in [0.15, 0.2) is 30.3 Å². The van der Waals surface area contributed by atoms with Crippen LogP contribution in [0, 0.1) is 5.92 Å². The van der Waals surface area contributed by atoms with Crippen molar-refractivity contribution in [1.82, 2.24) is 4.90 Å². The van der Waals surface area contributed by atoms with Crippen molar-refractivity contribution >= 4 is 5.91 Å². The maximum absolute atomic E-state index is 12.1. The highest BCUT2D eigenvalue weighted by Gasteiger charge is 2.16. The number of ether oxygens (including phenoxy) is 1. The van der Waals surface area contributed by atoms with Crippen molar-refractivity contribution in [3.05, 3.63) is 35.9 Å². The van der Waals surface area contributed by atoms with Gasteiger partial charge in [0.1, 0.15) is 0 Å². The minimum absolute atomic E-state index is 0.207. The minimum Gasteiger partial charge on any atom is -0.381 e. The summed E-state index contributed by atoms with van der Waals surface area (Å²) in [4.78, 5) is 13.9. The van der Waals surface area contributed by atoms with Crippen LogP contribution < -0.4 is 0 Å². The molecule has 3 heteroatoms. The molecule has 0 radical (unpaired) electrons. The lowest BCUT2D eigenvalue weighted by atomic mass is 9.96. The fourth-order valence-corrected chi connectivity index (χ4v) is 2.44. The summed E-state index contributed by atoms with van der Waals surface area (Å²) in [5.41, 5.74) is 1.09. The Kier molecular flexibility index (Phi) is 5.40. The first-order valence-electron chi connectivity index (χ1n) is 7.11. The molecule has 19 heavy (non-hydrogen) atoms. The SMILES string of the molecule is CN(CCC1CCOCC1)C(=O)Cc1ccccc1. The van der Waals surface area contributed by atoms with Crippen LogP contribution in [-0.2, 0) is 16.0 Å². The molecule has 2 rings (SSSR count). The van der Waals surface area contributed by atoms with E-state index in [2.05, 4.69) is 0 Å². The van der Waals surface area contributed by atoms with Gasteiger partial charge in [0.25, 0.3) is 0 Å². The standard InChI is InChI=1S/C16H23NO2/c1-17(10-7-14-8-11-19-12-9-14)16(18)13-15-5-3-2-4-6-15/h2-6,14H,7-13H2,1H3.